The zero-order valence-electron chi connectivity index (χ0n) is 15.1. The Kier molecular flexibility index (Phi) is 6.36. The van der Waals surface area contributed by atoms with E-state index in [2.05, 4.69) is 45.4 Å². The molecular formula is C21H25N3OS. The highest BCUT2D eigenvalue weighted by Crippen LogP contribution is 2.13. The Bertz CT molecular complexity index is 755. The molecule has 0 atom stereocenters. The van der Waals surface area contributed by atoms with Crippen molar-refractivity contribution in [1.82, 2.24) is 9.80 Å². The highest BCUT2D eigenvalue weighted by atomic mass is 32.1. The van der Waals surface area contributed by atoms with Crippen LogP contribution in [0, 0.1) is 0 Å². The Hall–Kier alpha value is -2.24. The second kappa shape index (κ2) is 8.92. The Morgan fingerprint density at radius 1 is 1.04 bits per heavy atom. The molecule has 1 heterocycles. The van der Waals surface area contributed by atoms with Crippen LogP contribution in [0.1, 0.15) is 22.8 Å². The second-order valence-electron chi connectivity index (χ2n) is 6.63. The molecule has 1 aliphatic heterocycles. The quantitative estimate of drug-likeness (QED) is 0.647. The molecule has 1 aliphatic rings. The molecule has 0 aromatic heterocycles. The molecule has 0 bridgehead atoms. The number of nitrogens with one attached hydrogen (secondary N) is 1. The van der Waals surface area contributed by atoms with E-state index in [1.165, 1.54) is 5.56 Å². The largest absolute Gasteiger partial charge is 0.346 e. The van der Waals surface area contributed by atoms with Crippen molar-refractivity contribution in [3.05, 3.63) is 65.7 Å². The predicted octanol–water partition coefficient (Wildman–Crippen LogP) is 3.45. The summed E-state index contributed by atoms with van der Waals surface area (Å²) in [5.41, 5.74) is 2.95. The van der Waals surface area contributed by atoms with Crippen molar-refractivity contribution in [1.29, 1.82) is 0 Å². The number of thiocarbonyl (C=S) groups is 1. The maximum Gasteiger partial charge on any atom is 0.173 e. The van der Waals surface area contributed by atoms with Gasteiger partial charge in [-0.15, -0.1) is 0 Å². The first-order valence-corrected chi connectivity index (χ1v) is 9.46. The van der Waals surface area contributed by atoms with Gasteiger partial charge in [-0.05, 0) is 43.3 Å². The maximum atomic E-state index is 11.5. The van der Waals surface area contributed by atoms with Gasteiger partial charge in [-0.2, -0.15) is 0 Å². The second-order valence-corrected chi connectivity index (χ2v) is 7.02. The predicted molar refractivity (Wildman–Crippen MR) is 111 cm³/mol. The van der Waals surface area contributed by atoms with E-state index in [9.17, 15) is 4.79 Å². The number of rotatable bonds is 5. The minimum atomic E-state index is 0.0617. The maximum absolute atomic E-state index is 11.5. The van der Waals surface area contributed by atoms with Crippen LogP contribution < -0.4 is 5.32 Å². The molecule has 0 unspecified atom stereocenters. The van der Waals surface area contributed by atoms with Crippen molar-refractivity contribution >= 4 is 28.8 Å². The van der Waals surface area contributed by atoms with E-state index in [0.717, 1.165) is 49.9 Å². The van der Waals surface area contributed by atoms with Gasteiger partial charge in [0.25, 0.3) is 0 Å². The summed E-state index contributed by atoms with van der Waals surface area (Å²) in [5, 5.41) is 4.00. The van der Waals surface area contributed by atoms with Crippen LogP contribution >= 0.6 is 12.2 Å². The van der Waals surface area contributed by atoms with Gasteiger partial charge in [0, 0.05) is 44.0 Å². The van der Waals surface area contributed by atoms with Crippen LogP contribution in [0.4, 0.5) is 5.69 Å². The normalized spacial score (nSPS) is 14.9. The number of Topliss-reactive ketones (excluding diaryl/α,β-unsaturated/α-hetero) is 1. The van der Waals surface area contributed by atoms with Gasteiger partial charge < -0.3 is 10.2 Å². The summed E-state index contributed by atoms with van der Waals surface area (Å²) in [6, 6.07) is 18.1. The van der Waals surface area contributed by atoms with E-state index < -0.39 is 0 Å². The molecule has 0 aliphatic carbocycles. The van der Waals surface area contributed by atoms with Gasteiger partial charge in [-0.25, -0.2) is 0 Å². The third kappa shape index (κ3) is 5.13. The summed E-state index contributed by atoms with van der Waals surface area (Å²) >= 11 is 5.56. The molecule has 26 heavy (non-hydrogen) atoms. The number of hydrogen-bond acceptors (Lipinski definition) is 3. The molecule has 1 saturated heterocycles. The lowest BCUT2D eigenvalue weighted by molar-refractivity contribution is 0.101. The SMILES string of the molecule is CC(=O)c1cccc(NC(=S)N2CCN(CCc3ccccc3)CC2)c1. The van der Waals surface area contributed by atoms with Gasteiger partial charge in [0.2, 0.25) is 0 Å². The summed E-state index contributed by atoms with van der Waals surface area (Å²) < 4.78 is 0. The summed E-state index contributed by atoms with van der Waals surface area (Å²) in [6.45, 7) is 6.54. The molecule has 0 amide bonds. The number of piperazine rings is 1. The van der Waals surface area contributed by atoms with Crippen LogP contribution in [0.2, 0.25) is 0 Å². The van der Waals surface area contributed by atoms with E-state index in [4.69, 9.17) is 12.2 Å². The van der Waals surface area contributed by atoms with E-state index in [-0.39, 0.29) is 5.78 Å². The molecule has 4 nitrogen and oxygen atoms in total. The first-order valence-electron chi connectivity index (χ1n) is 9.05. The standard InChI is InChI=1S/C21H25N3OS/c1-17(25)19-8-5-9-20(16-19)22-21(26)24-14-12-23(13-15-24)11-10-18-6-3-2-4-7-18/h2-9,16H,10-15H2,1H3,(H,22,26). The smallest absolute Gasteiger partial charge is 0.173 e. The molecule has 1 N–H and O–H groups in total. The van der Waals surface area contributed by atoms with Crippen LogP contribution in [0.15, 0.2) is 54.6 Å². The van der Waals surface area contributed by atoms with Crippen molar-refractivity contribution in [3.8, 4) is 0 Å². The van der Waals surface area contributed by atoms with Crippen LogP contribution in [0.25, 0.3) is 0 Å². The fourth-order valence-corrected chi connectivity index (χ4v) is 3.43. The van der Waals surface area contributed by atoms with Gasteiger partial charge in [-0.3, -0.25) is 9.69 Å². The van der Waals surface area contributed by atoms with E-state index in [0.29, 0.717) is 5.56 Å². The summed E-state index contributed by atoms with van der Waals surface area (Å²) in [5.74, 6) is 0.0617. The number of carbonyl (C=O) groups excluding carboxylic acids is 1. The number of hydrogen-bond donors (Lipinski definition) is 1. The molecule has 5 heteroatoms. The number of nitrogens with zero attached hydrogens (tertiary/aromatic N) is 2. The van der Waals surface area contributed by atoms with Crippen molar-refractivity contribution in [3.63, 3.8) is 0 Å². The van der Waals surface area contributed by atoms with Gasteiger partial charge in [-0.1, -0.05) is 42.5 Å². The first-order chi connectivity index (χ1) is 12.6. The van der Waals surface area contributed by atoms with E-state index in [1.54, 1.807) is 6.92 Å². The van der Waals surface area contributed by atoms with E-state index in [1.807, 2.05) is 24.3 Å². The highest BCUT2D eigenvalue weighted by Gasteiger charge is 2.18. The van der Waals surface area contributed by atoms with Crippen LogP contribution in [0.3, 0.4) is 0 Å². The summed E-state index contributed by atoms with van der Waals surface area (Å²) in [6.07, 6.45) is 1.08. The Labute approximate surface area is 160 Å². The topological polar surface area (TPSA) is 35.6 Å². The summed E-state index contributed by atoms with van der Waals surface area (Å²) in [4.78, 5) is 16.2. The molecule has 0 saturated carbocycles. The monoisotopic (exact) mass is 367 g/mol. The minimum absolute atomic E-state index is 0.0617. The zero-order chi connectivity index (χ0) is 18.4. The Morgan fingerprint density at radius 2 is 1.77 bits per heavy atom. The molecule has 3 rings (SSSR count). The molecule has 136 valence electrons. The van der Waals surface area contributed by atoms with Crippen LogP contribution in [0.5, 0.6) is 0 Å². The van der Waals surface area contributed by atoms with Gasteiger partial charge in [0.05, 0.1) is 0 Å². The van der Waals surface area contributed by atoms with Gasteiger partial charge in [0.1, 0.15) is 0 Å². The molecule has 0 spiro atoms. The molecular weight excluding hydrogens is 342 g/mol. The number of anilines is 1. The fourth-order valence-electron chi connectivity index (χ4n) is 3.12. The average molecular weight is 368 g/mol. The lowest BCUT2D eigenvalue weighted by Crippen LogP contribution is -2.50. The van der Waals surface area contributed by atoms with Crippen molar-refractivity contribution in [2.75, 3.05) is 38.0 Å². The number of benzene rings is 2. The lowest BCUT2D eigenvalue weighted by atomic mass is 10.1. The third-order valence-electron chi connectivity index (χ3n) is 4.74. The van der Waals surface area contributed by atoms with Crippen LogP contribution in [-0.4, -0.2) is 53.4 Å². The fraction of sp³-hybridized carbons (Fsp3) is 0.333. The zero-order valence-corrected chi connectivity index (χ0v) is 16.0. The van der Waals surface area contributed by atoms with Crippen molar-refractivity contribution < 1.29 is 4.79 Å². The molecule has 0 radical (unpaired) electrons. The van der Waals surface area contributed by atoms with E-state index >= 15 is 0 Å². The number of carbonyl (C=O) groups is 1. The lowest BCUT2D eigenvalue weighted by Gasteiger charge is -2.36. The molecule has 1 fully saturated rings. The highest BCUT2D eigenvalue weighted by molar-refractivity contribution is 7.80. The average Bonchev–Trinajstić information content (AvgIpc) is 2.68. The van der Waals surface area contributed by atoms with Crippen molar-refractivity contribution in [2.24, 2.45) is 0 Å². The van der Waals surface area contributed by atoms with Crippen LogP contribution in [-0.2, 0) is 6.42 Å². The van der Waals surface area contributed by atoms with Crippen molar-refractivity contribution in [2.45, 2.75) is 13.3 Å². The number of ketones is 1. The molecule has 2 aromatic rings. The van der Waals surface area contributed by atoms with Gasteiger partial charge in [0.15, 0.2) is 10.9 Å². The molecule has 2 aromatic carbocycles. The Morgan fingerprint density at radius 3 is 2.46 bits per heavy atom. The third-order valence-corrected chi connectivity index (χ3v) is 5.10. The van der Waals surface area contributed by atoms with Gasteiger partial charge >= 0.3 is 0 Å². The summed E-state index contributed by atoms with van der Waals surface area (Å²) in [7, 11) is 0. The first kappa shape index (κ1) is 18.5. The Balaban J connectivity index is 1.46. The minimum Gasteiger partial charge on any atom is -0.346 e.